The lowest BCUT2D eigenvalue weighted by atomic mass is 10.1. The van der Waals surface area contributed by atoms with Gasteiger partial charge in [-0.1, -0.05) is 53.5 Å². The number of rotatable bonds is 6. The summed E-state index contributed by atoms with van der Waals surface area (Å²) in [5.41, 5.74) is 1.15. The van der Waals surface area contributed by atoms with Gasteiger partial charge in [0, 0.05) is 25.7 Å². The molecule has 0 atom stereocenters. The molecule has 0 bridgehead atoms. The van der Waals surface area contributed by atoms with Crippen LogP contribution in [0.2, 0.25) is 10.0 Å². The van der Waals surface area contributed by atoms with Crippen molar-refractivity contribution in [3.05, 3.63) is 63.6 Å². The van der Waals surface area contributed by atoms with E-state index in [1.54, 1.807) is 4.90 Å². The van der Waals surface area contributed by atoms with E-state index in [4.69, 9.17) is 27.9 Å². The monoisotopic (exact) mass is 468 g/mol. The Kier molecular flexibility index (Phi) is 6.36. The summed E-state index contributed by atoms with van der Waals surface area (Å²) in [7, 11) is -3.86. The highest BCUT2D eigenvalue weighted by Gasteiger charge is 2.35. The number of carbonyl (C=O) groups excluding carboxylic acids is 1. The van der Waals surface area contributed by atoms with Gasteiger partial charge in [0.1, 0.15) is 4.90 Å². The summed E-state index contributed by atoms with van der Waals surface area (Å²) < 4.78 is 32.8. The molecule has 1 saturated carbocycles. The molecule has 30 heavy (non-hydrogen) atoms. The molecular formula is C21H22Cl2N2O4S. The summed E-state index contributed by atoms with van der Waals surface area (Å²) in [6.07, 6.45) is 1.84. The third-order valence-corrected chi connectivity index (χ3v) is 7.96. The van der Waals surface area contributed by atoms with Crippen molar-refractivity contribution in [2.24, 2.45) is 0 Å². The maximum Gasteiger partial charge on any atom is 0.255 e. The van der Waals surface area contributed by atoms with E-state index in [0.717, 1.165) is 18.4 Å². The van der Waals surface area contributed by atoms with E-state index >= 15 is 0 Å². The van der Waals surface area contributed by atoms with Crippen LogP contribution in [0.15, 0.2) is 47.4 Å². The van der Waals surface area contributed by atoms with Crippen LogP contribution in [0.25, 0.3) is 0 Å². The Bertz CT molecular complexity index is 1040. The van der Waals surface area contributed by atoms with Gasteiger partial charge in [-0.3, -0.25) is 4.79 Å². The SMILES string of the molecule is O=C(c1cc(S(=O)(=O)N2CCOCC2)c(Cl)cc1Cl)N(Cc1ccccc1)C1CC1. The third kappa shape index (κ3) is 4.50. The Labute approximate surface area is 186 Å². The quantitative estimate of drug-likeness (QED) is 0.645. The normalized spacial score (nSPS) is 17.7. The molecule has 0 unspecified atom stereocenters. The summed E-state index contributed by atoms with van der Waals surface area (Å²) in [6, 6.07) is 12.5. The molecule has 9 heteroatoms. The van der Waals surface area contributed by atoms with Gasteiger partial charge in [0.2, 0.25) is 10.0 Å². The molecule has 1 amide bonds. The first-order chi connectivity index (χ1) is 14.4. The van der Waals surface area contributed by atoms with Crippen LogP contribution in [0, 0.1) is 0 Å². The van der Waals surface area contributed by atoms with E-state index in [0.29, 0.717) is 19.8 Å². The van der Waals surface area contributed by atoms with Crippen molar-refractivity contribution in [1.29, 1.82) is 0 Å². The zero-order valence-corrected chi connectivity index (χ0v) is 18.6. The van der Waals surface area contributed by atoms with Crippen LogP contribution < -0.4 is 0 Å². The second-order valence-corrected chi connectivity index (χ2v) is 10.1. The number of hydrogen-bond donors (Lipinski definition) is 0. The minimum Gasteiger partial charge on any atom is -0.379 e. The van der Waals surface area contributed by atoms with Crippen LogP contribution in [0.5, 0.6) is 0 Å². The number of ether oxygens (including phenoxy) is 1. The number of carbonyl (C=O) groups is 1. The standard InChI is InChI=1S/C21H22Cl2N2O4S/c22-18-13-19(23)20(30(27,28)24-8-10-29-11-9-24)12-17(18)21(26)25(16-6-7-16)14-15-4-2-1-3-5-15/h1-5,12-13,16H,6-11,14H2. The number of benzene rings is 2. The van der Waals surface area contributed by atoms with Crippen LogP contribution in [0.1, 0.15) is 28.8 Å². The Balaban J connectivity index is 1.67. The summed E-state index contributed by atoms with van der Waals surface area (Å²) >= 11 is 12.6. The van der Waals surface area contributed by atoms with E-state index in [-0.39, 0.29) is 45.5 Å². The minimum absolute atomic E-state index is 0.00377. The van der Waals surface area contributed by atoms with Crippen molar-refractivity contribution in [2.45, 2.75) is 30.3 Å². The Hall–Kier alpha value is -1.64. The first-order valence-electron chi connectivity index (χ1n) is 9.80. The van der Waals surface area contributed by atoms with Crippen LogP contribution in [0.4, 0.5) is 0 Å². The lowest BCUT2D eigenvalue weighted by molar-refractivity contribution is 0.0725. The van der Waals surface area contributed by atoms with E-state index in [1.807, 2.05) is 30.3 Å². The molecule has 0 spiro atoms. The van der Waals surface area contributed by atoms with E-state index in [2.05, 4.69) is 0 Å². The van der Waals surface area contributed by atoms with Crippen molar-refractivity contribution in [3.63, 3.8) is 0 Å². The molecular weight excluding hydrogens is 447 g/mol. The van der Waals surface area contributed by atoms with Gasteiger partial charge in [0.15, 0.2) is 0 Å². The molecule has 1 aliphatic carbocycles. The zero-order valence-electron chi connectivity index (χ0n) is 16.3. The average Bonchev–Trinajstić information content (AvgIpc) is 3.58. The molecule has 2 fully saturated rings. The maximum absolute atomic E-state index is 13.4. The number of hydrogen-bond acceptors (Lipinski definition) is 4. The molecule has 6 nitrogen and oxygen atoms in total. The molecule has 4 rings (SSSR count). The molecule has 0 N–H and O–H groups in total. The van der Waals surface area contributed by atoms with Crippen molar-refractivity contribution < 1.29 is 17.9 Å². The van der Waals surface area contributed by atoms with E-state index < -0.39 is 10.0 Å². The largest absolute Gasteiger partial charge is 0.379 e. The molecule has 0 aromatic heterocycles. The molecule has 2 aromatic rings. The van der Waals surface area contributed by atoms with Crippen molar-refractivity contribution >= 4 is 39.1 Å². The van der Waals surface area contributed by atoms with Gasteiger partial charge in [-0.05, 0) is 30.5 Å². The molecule has 0 radical (unpaired) electrons. The lowest BCUT2D eigenvalue weighted by Crippen LogP contribution is -2.40. The van der Waals surface area contributed by atoms with Crippen LogP contribution >= 0.6 is 23.2 Å². The molecule has 160 valence electrons. The molecule has 1 saturated heterocycles. The van der Waals surface area contributed by atoms with Crippen LogP contribution in [-0.2, 0) is 21.3 Å². The number of nitrogens with zero attached hydrogens (tertiary/aromatic N) is 2. The topological polar surface area (TPSA) is 66.9 Å². The molecule has 1 heterocycles. The fourth-order valence-corrected chi connectivity index (χ4v) is 5.74. The average molecular weight is 469 g/mol. The van der Waals surface area contributed by atoms with Gasteiger partial charge in [0.05, 0.1) is 28.8 Å². The molecule has 1 aliphatic heterocycles. The number of sulfonamides is 1. The zero-order chi connectivity index (χ0) is 21.3. The summed E-state index contributed by atoms with van der Waals surface area (Å²) in [6.45, 7) is 1.57. The molecule has 2 aliphatic rings. The predicted molar refractivity (Wildman–Crippen MR) is 115 cm³/mol. The third-order valence-electron chi connectivity index (χ3n) is 5.28. The van der Waals surface area contributed by atoms with Crippen molar-refractivity contribution in [1.82, 2.24) is 9.21 Å². The fraction of sp³-hybridized carbons (Fsp3) is 0.381. The maximum atomic E-state index is 13.4. The van der Waals surface area contributed by atoms with E-state index in [9.17, 15) is 13.2 Å². The van der Waals surface area contributed by atoms with Gasteiger partial charge in [-0.2, -0.15) is 4.31 Å². The Morgan fingerprint density at radius 1 is 1.07 bits per heavy atom. The summed E-state index contributed by atoms with van der Waals surface area (Å²) in [5, 5.41) is 0.147. The van der Waals surface area contributed by atoms with Crippen LogP contribution in [-0.4, -0.2) is 55.9 Å². The number of amides is 1. The van der Waals surface area contributed by atoms with Gasteiger partial charge in [-0.15, -0.1) is 0 Å². The van der Waals surface area contributed by atoms with Crippen LogP contribution in [0.3, 0.4) is 0 Å². The van der Waals surface area contributed by atoms with Crippen molar-refractivity contribution in [3.8, 4) is 0 Å². The number of halogens is 2. The first kappa shape index (κ1) is 21.6. The van der Waals surface area contributed by atoms with Gasteiger partial charge >= 0.3 is 0 Å². The second kappa shape index (κ2) is 8.85. The lowest BCUT2D eigenvalue weighted by Gasteiger charge is -2.27. The Morgan fingerprint density at radius 3 is 2.37 bits per heavy atom. The van der Waals surface area contributed by atoms with Gasteiger partial charge < -0.3 is 9.64 Å². The summed E-state index contributed by atoms with van der Waals surface area (Å²) in [5.74, 6) is -0.290. The first-order valence-corrected chi connectivity index (χ1v) is 12.0. The second-order valence-electron chi connectivity index (χ2n) is 7.43. The molecule has 2 aromatic carbocycles. The Morgan fingerprint density at radius 2 is 1.73 bits per heavy atom. The van der Waals surface area contributed by atoms with Crippen molar-refractivity contribution in [2.75, 3.05) is 26.3 Å². The number of morpholine rings is 1. The van der Waals surface area contributed by atoms with E-state index in [1.165, 1.54) is 16.4 Å². The van der Waals surface area contributed by atoms with Gasteiger partial charge in [-0.25, -0.2) is 8.42 Å². The highest BCUT2D eigenvalue weighted by atomic mass is 35.5. The minimum atomic E-state index is -3.86. The predicted octanol–water partition coefficient (Wildman–Crippen LogP) is 3.82. The highest BCUT2D eigenvalue weighted by Crippen LogP contribution is 2.35. The summed E-state index contributed by atoms with van der Waals surface area (Å²) in [4.78, 5) is 15.0. The van der Waals surface area contributed by atoms with Gasteiger partial charge in [0.25, 0.3) is 5.91 Å². The highest BCUT2D eigenvalue weighted by molar-refractivity contribution is 7.89. The fourth-order valence-electron chi connectivity index (χ4n) is 3.50. The smallest absolute Gasteiger partial charge is 0.255 e.